The lowest BCUT2D eigenvalue weighted by molar-refractivity contribution is 0.609. The van der Waals surface area contributed by atoms with Gasteiger partial charge in [0.05, 0.1) is 5.52 Å². The zero-order valence-corrected chi connectivity index (χ0v) is 9.15. The van der Waals surface area contributed by atoms with Crippen molar-refractivity contribution in [2.45, 2.75) is 12.3 Å². The van der Waals surface area contributed by atoms with Crippen molar-refractivity contribution in [2.75, 3.05) is 6.54 Å². The average molecular weight is 219 g/mol. The number of fused-ring (bicyclic) bond motifs is 1. The summed E-state index contributed by atoms with van der Waals surface area (Å²) in [7, 11) is 1.86. The van der Waals surface area contributed by atoms with Gasteiger partial charge in [-0.25, -0.2) is 4.39 Å². The first-order valence-electron chi connectivity index (χ1n) is 5.52. The summed E-state index contributed by atoms with van der Waals surface area (Å²) in [4.78, 5) is 0. The molecule has 2 N–H and O–H groups in total. The number of benzene rings is 1. The summed E-state index contributed by atoms with van der Waals surface area (Å²) >= 11 is 0. The van der Waals surface area contributed by atoms with Gasteiger partial charge in [0, 0.05) is 24.2 Å². The minimum Gasteiger partial charge on any atom is -0.330 e. The minimum absolute atomic E-state index is 0.124. The van der Waals surface area contributed by atoms with Crippen molar-refractivity contribution in [3.63, 3.8) is 0 Å². The van der Waals surface area contributed by atoms with E-state index in [0.717, 1.165) is 22.9 Å². The van der Waals surface area contributed by atoms with Crippen LogP contribution in [0.5, 0.6) is 0 Å². The monoisotopic (exact) mass is 219 g/mol. The van der Waals surface area contributed by atoms with Crippen LogP contribution in [0.3, 0.4) is 0 Å². The third kappa shape index (κ3) is 1.33. The third-order valence-corrected chi connectivity index (χ3v) is 3.39. The van der Waals surface area contributed by atoms with Crippen molar-refractivity contribution >= 4 is 10.9 Å². The lowest BCUT2D eigenvalue weighted by atomic mass is 10.0. The van der Waals surface area contributed by atoms with Gasteiger partial charge in [-0.1, -0.05) is 0 Å². The minimum atomic E-state index is -0.124. The molecule has 0 aliphatic heterocycles. The Labute approximate surface area is 93.0 Å². The largest absolute Gasteiger partial charge is 0.330 e. The van der Waals surface area contributed by atoms with Crippen LogP contribution < -0.4 is 5.73 Å². The summed E-state index contributed by atoms with van der Waals surface area (Å²) in [5, 5.41) is 5.23. The van der Waals surface area contributed by atoms with Gasteiger partial charge < -0.3 is 5.73 Å². The molecule has 1 aliphatic carbocycles. The van der Waals surface area contributed by atoms with Gasteiger partial charge >= 0.3 is 0 Å². The standard InChI is InChI=1S/C12H14FN3/c1-16-6-9-11(15-16)3-2-10(13)12(9)8-4-7(8)5-14/h2-3,6-8H,4-5,14H2,1H3/t7-,8+/m0/s1. The summed E-state index contributed by atoms with van der Waals surface area (Å²) in [5.41, 5.74) is 7.29. The Bertz CT molecular complexity index is 546. The summed E-state index contributed by atoms with van der Waals surface area (Å²) < 4.78 is 15.6. The lowest BCUT2D eigenvalue weighted by Gasteiger charge is -2.03. The second-order valence-corrected chi connectivity index (χ2v) is 4.53. The Morgan fingerprint density at radius 1 is 1.56 bits per heavy atom. The maximum Gasteiger partial charge on any atom is 0.127 e. The fraction of sp³-hybridized carbons (Fsp3) is 0.417. The van der Waals surface area contributed by atoms with Crippen LogP contribution in [0.25, 0.3) is 10.9 Å². The van der Waals surface area contributed by atoms with E-state index in [-0.39, 0.29) is 11.7 Å². The molecular formula is C12H14FN3. The van der Waals surface area contributed by atoms with Crippen molar-refractivity contribution in [3.8, 4) is 0 Å². The van der Waals surface area contributed by atoms with E-state index in [2.05, 4.69) is 5.10 Å². The molecule has 1 fully saturated rings. The maximum absolute atomic E-state index is 13.9. The Kier molecular flexibility index (Phi) is 2.01. The molecule has 0 radical (unpaired) electrons. The highest BCUT2D eigenvalue weighted by Gasteiger charge is 2.39. The molecule has 0 unspecified atom stereocenters. The van der Waals surface area contributed by atoms with Crippen molar-refractivity contribution in [1.82, 2.24) is 9.78 Å². The topological polar surface area (TPSA) is 43.8 Å². The van der Waals surface area contributed by atoms with Gasteiger partial charge in [-0.05, 0) is 36.9 Å². The van der Waals surface area contributed by atoms with Gasteiger partial charge in [0.2, 0.25) is 0 Å². The van der Waals surface area contributed by atoms with Crippen LogP contribution in [0.1, 0.15) is 17.9 Å². The van der Waals surface area contributed by atoms with Gasteiger partial charge in [-0.2, -0.15) is 5.10 Å². The summed E-state index contributed by atoms with van der Waals surface area (Å²) in [5.74, 6) is 0.611. The number of nitrogens with zero attached hydrogens (tertiary/aromatic N) is 2. The van der Waals surface area contributed by atoms with Crippen LogP contribution in [-0.2, 0) is 7.05 Å². The fourth-order valence-corrected chi connectivity index (χ4v) is 2.45. The second kappa shape index (κ2) is 3.28. The van der Waals surface area contributed by atoms with E-state index in [0.29, 0.717) is 12.5 Å². The smallest absolute Gasteiger partial charge is 0.127 e. The van der Waals surface area contributed by atoms with Gasteiger partial charge in [-0.3, -0.25) is 4.68 Å². The molecule has 0 spiro atoms. The number of nitrogens with two attached hydrogens (primary N) is 1. The number of hydrogen-bond acceptors (Lipinski definition) is 2. The molecular weight excluding hydrogens is 205 g/mol. The van der Waals surface area contributed by atoms with Crippen molar-refractivity contribution < 1.29 is 4.39 Å². The van der Waals surface area contributed by atoms with E-state index in [1.165, 1.54) is 6.07 Å². The molecule has 0 amide bonds. The molecule has 1 saturated carbocycles. The first-order valence-corrected chi connectivity index (χ1v) is 5.52. The van der Waals surface area contributed by atoms with Crippen LogP contribution in [0.4, 0.5) is 4.39 Å². The quantitative estimate of drug-likeness (QED) is 0.836. The molecule has 1 aliphatic rings. The predicted octanol–water partition coefficient (Wildman–Crippen LogP) is 1.77. The predicted molar refractivity (Wildman–Crippen MR) is 60.6 cm³/mol. The molecule has 1 heterocycles. The van der Waals surface area contributed by atoms with Crippen LogP contribution >= 0.6 is 0 Å². The Balaban J connectivity index is 2.17. The average Bonchev–Trinajstić information content (AvgIpc) is 2.92. The molecule has 84 valence electrons. The highest BCUT2D eigenvalue weighted by Crippen LogP contribution is 2.49. The highest BCUT2D eigenvalue weighted by molar-refractivity contribution is 5.83. The van der Waals surface area contributed by atoms with Crippen LogP contribution in [-0.4, -0.2) is 16.3 Å². The zero-order valence-electron chi connectivity index (χ0n) is 9.15. The first kappa shape index (κ1) is 9.78. The molecule has 3 nitrogen and oxygen atoms in total. The molecule has 4 heteroatoms. The zero-order chi connectivity index (χ0) is 11.3. The van der Waals surface area contributed by atoms with Gasteiger partial charge in [-0.15, -0.1) is 0 Å². The van der Waals surface area contributed by atoms with E-state index in [1.807, 2.05) is 13.2 Å². The molecule has 16 heavy (non-hydrogen) atoms. The van der Waals surface area contributed by atoms with E-state index in [4.69, 9.17) is 5.73 Å². The Morgan fingerprint density at radius 3 is 3.06 bits per heavy atom. The van der Waals surface area contributed by atoms with Crippen molar-refractivity contribution in [1.29, 1.82) is 0 Å². The molecule has 0 bridgehead atoms. The van der Waals surface area contributed by atoms with E-state index < -0.39 is 0 Å². The summed E-state index contributed by atoms with van der Waals surface area (Å²) in [6, 6.07) is 3.24. The Hall–Kier alpha value is -1.42. The van der Waals surface area contributed by atoms with Crippen LogP contribution in [0.2, 0.25) is 0 Å². The van der Waals surface area contributed by atoms with E-state index in [1.54, 1.807) is 10.7 Å². The molecule has 3 rings (SSSR count). The molecule has 2 aromatic rings. The normalized spacial score (nSPS) is 23.9. The third-order valence-electron chi connectivity index (χ3n) is 3.39. The molecule has 0 saturated heterocycles. The van der Waals surface area contributed by atoms with Gasteiger partial charge in [0.1, 0.15) is 5.82 Å². The molecule has 1 aromatic carbocycles. The highest BCUT2D eigenvalue weighted by atomic mass is 19.1. The summed E-state index contributed by atoms with van der Waals surface area (Å²) in [6.07, 6.45) is 2.89. The number of aryl methyl sites for hydroxylation is 1. The van der Waals surface area contributed by atoms with Crippen LogP contribution in [0.15, 0.2) is 18.3 Å². The maximum atomic E-state index is 13.9. The second-order valence-electron chi connectivity index (χ2n) is 4.53. The number of halogens is 1. The number of rotatable bonds is 2. The van der Waals surface area contributed by atoms with Crippen molar-refractivity contribution in [2.24, 2.45) is 18.7 Å². The SMILES string of the molecule is Cn1cc2c([C@@H]3C[C@H]3CN)c(F)ccc2n1. The van der Waals surface area contributed by atoms with Gasteiger partial charge in [0.15, 0.2) is 0 Å². The fourth-order valence-electron chi connectivity index (χ4n) is 2.45. The summed E-state index contributed by atoms with van der Waals surface area (Å²) in [6.45, 7) is 0.640. The first-order chi connectivity index (χ1) is 7.70. The lowest BCUT2D eigenvalue weighted by Crippen LogP contribution is -2.02. The number of hydrogen-bond donors (Lipinski definition) is 1. The molecule has 2 atom stereocenters. The van der Waals surface area contributed by atoms with Gasteiger partial charge in [0.25, 0.3) is 0 Å². The molecule has 1 aromatic heterocycles. The number of aromatic nitrogens is 2. The van der Waals surface area contributed by atoms with E-state index >= 15 is 0 Å². The Morgan fingerprint density at radius 2 is 2.38 bits per heavy atom. The van der Waals surface area contributed by atoms with E-state index in [9.17, 15) is 4.39 Å². The van der Waals surface area contributed by atoms with Crippen molar-refractivity contribution in [3.05, 3.63) is 29.7 Å². The van der Waals surface area contributed by atoms with Crippen LogP contribution in [0, 0.1) is 11.7 Å².